The minimum atomic E-state index is -0.485. The van der Waals surface area contributed by atoms with Gasteiger partial charge in [0, 0.05) is 18.8 Å². The van der Waals surface area contributed by atoms with E-state index in [0.29, 0.717) is 6.04 Å². The van der Waals surface area contributed by atoms with Gasteiger partial charge in [0.05, 0.1) is 23.7 Å². The molecule has 88 valence electrons. The zero-order valence-corrected chi connectivity index (χ0v) is 10.6. The van der Waals surface area contributed by atoms with E-state index < -0.39 is 6.10 Å². The van der Waals surface area contributed by atoms with Crippen molar-refractivity contribution in [1.82, 2.24) is 4.98 Å². The summed E-state index contributed by atoms with van der Waals surface area (Å²) in [5.74, 6) is 2.46. The number of nitrogens with zero attached hydrogens (tertiary/aromatic N) is 2. The Morgan fingerprint density at radius 2 is 2.38 bits per heavy atom. The summed E-state index contributed by atoms with van der Waals surface area (Å²) in [6.07, 6.45) is 2.62. The minimum Gasteiger partial charge on any atom is -0.387 e. The fraction of sp³-hybridized carbons (Fsp3) is 0.583. The van der Waals surface area contributed by atoms with E-state index in [9.17, 15) is 5.11 Å². The van der Waals surface area contributed by atoms with E-state index in [2.05, 4.69) is 16.9 Å². The summed E-state index contributed by atoms with van der Waals surface area (Å²) in [7, 11) is 2.12. The summed E-state index contributed by atoms with van der Waals surface area (Å²) in [5.41, 5.74) is 1.87. The molecule has 0 aliphatic carbocycles. The van der Waals surface area contributed by atoms with Crippen LogP contribution in [0, 0.1) is 0 Å². The Labute approximate surface area is 101 Å². The molecular weight excluding hydrogens is 220 g/mol. The molecule has 1 aliphatic heterocycles. The highest BCUT2D eigenvalue weighted by Crippen LogP contribution is 2.25. The monoisotopic (exact) mass is 238 g/mol. The highest BCUT2D eigenvalue weighted by molar-refractivity contribution is 7.99. The average molecular weight is 238 g/mol. The third kappa shape index (κ3) is 2.50. The Hall–Kier alpha value is -0.740. The Balaban J connectivity index is 2.08. The van der Waals surface area contributed by atoms with Crippen LogP contribution in [0.25, 0.3) is 0 Å². The Bertz CT molecular complexity index is 333. The van der Waals surface area contributed by atoms with Gasteiger partial charge in [-0.25, -0.2) is 0 Å². The van der Waals surface area contributed by atoms with Gasteiger partial charge in [-0.05, 0) is 31.2 Å². The molecule has 1 aliphatic rings. The molecule has 2 unspecified atom stereocenters. The highest BCUT2D eigenvalue weighted by Gasteiger charge is 2.20. The molecule has 0 bridgehead atoms. The summed E-state index contributed by atoms with van der Waals surface area (Å²) >= 11 is 2.01. The maximum atomic E-state index is 9.39. The molecule has 3 nitrogen and oxygen atoms in total. The van der Waals surface area contributed by atoms with E-state index in [1.807, 2.05) is 30.1 Å². The van der Waals surface area contributed by atoms with Gasteiger partial charge in [-0.15, -0.1) is 0 Å². The van der Waals surface area contributed by atoms with Crippen LogP contribution in [-0.4, -0.2) is 34.7 Å². The fourth-order valence-corrected chi connectivity index (χ4v) is 3.16. The van der Waals surface area contributed by atoms with Gasteiger partial charge >= 0.3 is 0 Å². The number of thioether (sulfide) groups is 1. The molecule has 0 spiro atoms. The van der Waals surface area contributed by atoms with Crippen LogP contribution in [0.15, 0.2) is 18.3 Å². The lowest BCUT2D eigenvalue weighted by atomic mass is 10.2. The van der Waals surface area contributed by atoms with Crippen molar-refractivity contribution < 1.29 is 5.11 Å². The van der Waals surface area contributed by atoms with Crippen molar-refractivity contribution >= 4 is 17.4 Å². The second kappa shape index (κ2) is 5.06. The molecular formula is C12H18N2OS. The molecule has 2 rings (SSSR count). The molecule has 16 heavy (non-hydrogen) atoms. The molecule has 1 N–H and O–H groups in total. The highest BCUT2D eigenvalue weighted by atomic mass is 32.2. The van der Waals surface area contributed by atoms with Crippen LogP contribution in [0.3, 0.4) is 0 Å². The number of rotatable bonds is 3. The summed E-state index contributed by atoms with van der Waals surface area (Å²) in [5, 5.41) is 9.39. The number of aliphatic hydroxyl groups is 1. The summed E-state index contributed by atoms with van der Waals surface area (Å²) in [6.45, 7) is 1.74. The SMILES string of the molecule is CC(O)c1ccc(N(C)C2CCSC2)cn1. The summed E-state index contributed by atoms with van der Waals surface area (Å²) in [6, 6.07) is 4.57. The number of hydrogen-bond donors (Lipinski definition) is 1. The molecule has 1 aromatic rings. The van der Waals surface area contributed by atoms with E-state index >= 15 is 0 Å². The van der Waals surface area contributed by atoms with Crippen LogP contribution in [0.4, 0.5) is 5.69 Å². The van der Waals surface area contributed by atoms with Crippen molar-refractivity contribution in [2.75, 3.05) is 23.5 Å². The van der Waals surface area contributed by atoms with E-state index in [1.54, 1.807) is 6.92 Å². The van der Waals surface area contributed by atoms with Gasteiger partial charge in [0.1, 0.15) is 0 Å². The first-order valence-electron chi connectivity index (χ1n) is 5.63. The van der Waals surface area contributed by atoms with E-state index in [1.165, 1.54) is 17.9 Å². The number of anilines is 1. The molecule has 0 aromatic carbocycles. The molecule has 0 radical (unpaired) electrons. The lowest BCUT2D eigenvalue weighted by Gasteiger charge is -2.25. The van der Waals surface area contributed by atoms with Crippen molar-refractivity contribution in [3.63, 3.8) is 0 Å². The topological polar surface area (TPSA) is 36.4 Å². The molecule has 1 saturated heterocycles. The predicted octanol–water partition coefficient (Wildman–Crippen LogP) is 2.08. The van der Waals surface area contributed by atoms with Gasteiger partial charge in [-0.2, -0.15) is 11.8 Å². The molecule has 4 heteroatoms. The standard InChI is InChI=1S/C12H18N2OS/c1-9(15)12-4-3-10(7-13-12)14(2)11-5-6-16-8-11/h3-4,7,9,11,15H,5-6,8H2,1-2H3. The van der Waals surface area contributed by atoms with Crippen molar-refractivity contribution in [2.24, 2.45) is 0 Å². The van der Waals surface area contributed by atoms with Crippen LogP contribution in [0.1, 0.15) is 25.1 Å². The Morgan fingerprint density at radius 3 is 2.88 bits per heavy atom. The zero-order chi connectivity index (χ0) is 11.5. The normalized spacial score (nSPS) is 22.1. The van der Waals surface area contributed by atoms with Crippen LogP contribution in [0.5, 0.6) is 0 Å². The fourth-order valence-electron chi connectivity index (χ4n) is 1.89. The molecule has 2 atom stereocenters. The maximum Gasteiger partial charge on any atom is 0.0931 e. The predicted molar refractivity (Wildman–Crippen MR) is 69.0 cm³/mol. The van der Waals surface area contributed by atoms with Crippen LogP contribution < -0.4 is 4.90 Å². The van der Waals surface area contributed by atoms with E-state index in [-0.39, 0.29) is 0 Å². The molecule has 1 aromatic heterocycles. The molecule has 1 fully saturated rings. The summed E-state index contributed by atoms with van der Waals surface area (Å²) < 4.78 is 0. The molecule has 0 saturated carbocycles. The van der Waals surface area contributed by atoms with Crippen molar-refractivity contribution in [3.05, 3.63) is 24.0 Å². The van der Waals surface area contributed by atoms with Crippen LogP contribution in [0.2, 0.25) is 0 Å². The second-order valence-electron chi connectivity index (χ2n) is 4.25. The van der Waals surface area contributed by atoms with Gasteiger partial charge in [-0.3, -0.25) is 4.98 Å². The largest absolute Gasteiger partial charge is 0.387 e. The number of aliphatic hydroxyl groups excluding tert-OH is 1. The minimum absolute atomic E-state index is 0.485. The number of hydrogen-bond acceptors (Lipinski definition) is 4. The first kappa shape index (κ1) is 11.7. The Kier molecular flexibility index (Phi) is 3.71. The molecule has 2 heterocycles. The van der Waals surface area contributed by atoms with Crippen molar-refractivity contribution in [3.8, 4) is 0 Å². The van der Waals surface area contributed by atoms with Crippen LogP contribution >= 0.6 is 11.8 Å². The zero-order valence-electron chi connectivity index (χ0n) is 9.76. The van der Waals surface area contributed by atoms with E-state index in [0.717, 1.165) is 11.4 Å². The van der Waals surface area contributed by atoms with E-state index in [4.69, 9.17) is 0 Å². The van der Waals surface area contributed by atoms with Crippen molar-refractivity contribution in [2.45, 2.75) is 25.5 Å². The summed E-state index contributed by atoms with van der Waals surface area (Å²) in [4.78, 5) is 6.56. The first-order chi connectivity index (χ1) is 7.68. The average Bonchev–Trinajstić information content (AvgIpc) is 2.81. The van der Waals surface area contributed by atoms with Gasteiger partial charge in [0.25, 0.3) is 0 Å². The lowest BCUT2D eigenvalue weighted by molar-refractivity contribution is 0.194. The van der Waals surface area contributed by atoms with Gasteiger partial charge in [-0.1, -0.05) is 0 Å². The maximum absolute atomic E-state index is 9.39. The van der Waals surface area contributed by atoms with Gasteiger partial charge < -0.3 is 10.0 Å². The first-order valence-corrected chi connectivity index (χ1v) is 6.78. The van der Waals surface area contributed by atoms with Gasteiger partial charge in [0.15, 0.2) is 0 Å². The number of pyridine rings is 1. The van der Waals surface area contributed by atoms with Gasteiger partial charge in [0.2, 0.25) is 0 Å². The number of aromatic nitrogens is 1. The molecule has 0 amide bonds. The third-order valence-corrected chi connectivity index (χ3v) is 4.20. The lowest BCUT2D eigenvalue weighted by Crippen LogP contribution is -2.31. The van der Waals surface area contributed by atoms with Crippen LogP contribution in [-0.2, 0) is 0 Å². The smallest absolute Gasteiger partial charge is 0.0931 e. The quantitative estimate of drug-likeness (QED) is 0.874. The Morgan fingerprint density at radius 1 is 1.56 bits per heavy atom. The third-order valence-electron chi connectivity index (χ3n) is 3.06. The van der Waals surface area contributed by atoms with Crippen molar-refractivity contribution in [1.29, 1.82) is 0 Å². The second-order valence-corrected chi connectivity index (χ2v) is 5.40.